The lowest BCUT2D eigenvalue weighted by Crippen LogP contribution is -2.38. The topological polar surface area (TPSA) is 87.0 Å². The molecule has 3 heterocycles. The zero-order valence-corrected chi connectivity index (χ0v) is 16.4. The third-order valence-electron chi connectivity index (χ3n) is 6.30. The number of aromatic amines is 1. The highest BCUT2D eigenvalue weighted by Gasteiger charge is 2.49. The van der Waals surface area contributed by atoms with Crippen molar-refractivity contribution < 1.29 is 5.11 Å². The molecule has 0 amide bonds. The zero-order chi connectivity index (χ0) is 20.3. The monoisotopic (exact) mass is 399 g/mol. The van der Waals surface area contributed by atoms with Crippen molar-refractivity contribution in [1.82, 2.24) is 24.6 Å². The fraction of sp³-hybridized carbons (Fsp3) is 0.261. The van der Waals surface area contributed by atoms with E-state index in [1.54, 1.807) is 16.9 Å². The highest BCUT2D eigenvalue weighted by Crippen LogP contribution is 2.53. The Kier molecular flexibility index (Phi) is 3.64. The molecule has 0 unspecified atom stereocenters. The minimum absolute atomic E-state index is 0.128. The largest absolute Gasteiger partial charge is 0.508 e. The van der Waals surface area contributed by atoms with E-state index in [4.69, 9.17) is 4.98 Å². The van der Waals surface area contributed by atoms with Crippen LogP contribution in [-0.2, 0) is 18.5 Å². The Hall–Kier alpha value is -3.45. The van der Waals surface area contributed by atoms with Crippen molar-refractivity contribution in [1.29, 1.82) is 0 Å². The van der Waals surface area contributed by atoms with Crippen molar-refractivity contribution in [2.75, 3.05) is 6.54 Å². The maximum Gasteiger partial charge on any atom is 0.262 e. The van der Waals surface area contributed by atoms with Gasteiger partial charge in [0.2, 0.25) is 0 Å². The third-order valence-corrected chi connectivity index (χ3v) is 6.30. The van der Waals surface area contributed by atoms with Crippen LogP contribution in [0.25, 0.3) is 16.7 Å². The van der Waals surface area contributed by atoms with Gasteiger partial charge in [-0.25, -0.2) is 9.67 Å². The van der Waals surface area contributed by atoms with E-state index < -0.39 is 0 Å². The lowest BCUT2D eigenvalue weighted by Gasteiger charge is -2.34. The fourth-order valence-corrected chi connectivity index (χ4v) is 4.70. The van der Waals surface area contributed by atoms with Gasteiger partial charge < -0.3 is 10.1 Å². The van der Waals surface area contributed by atoms with Gasteiger partial charge in [-0.15, -0.1) is 0 Å². The number of rotatable bonds is 3. The Morgan fingerprint density at radius 3 is 2.77 bits per heavy atom. The van der Waals surface area contributed by atoms with Crippen molar-refractivity contribution in [3.05, 3.63) is 82.0 Å². The van der Waals surface area contributed by atoms with Crippen LogP contribution in [0.3, 0.4) is 0 Å². The van der Waals surface area contributed by atoms with Gasteiger partial charge in [0.15, 0.2) is 5.65 Å². The molecule has 0 radical (unpaired) electrons. The van der Waals surface area contributed by atoms with E-state index in [2.05, 4.69) is 15.0 Å². The van der Waals surface area contributed by atoms with Gasteiger partial charge >= 0.3 is 0 Å². The van der Waals surface area contributed by atoms with Crippen molar-refractivity contribution in [3.63, 3.8) is 0 Å². The van der Waals surface area contributed by atoms with Crippen molar-refractivity contribution in [3.8, 4) is 11.4 Å². The van der Waals surface area contributed by atoms with Crippen LogP contribution in [0.15, 0.2) is 59.5 Å². The van der Waals surface area contributed by atoms with Crippen molar-refractivity contribution >= 4 is 11.0 Å². The van der Waals surface area contributed by atoms with E-state index in [-0.39, 0.29) is 11.0 Å². The molecule has 0 atom stereocenters. The molecule has 4 aromatic rings. The van der Waals surface area contributed by atoms with Gasteiger partial charge in [-0.1, -0.05) is 24.3 Å². The fourth-order valence-electron chi connectivity index (χ4n) is 4.70. The molecule has 1 aliphatic heterocycles. The highest BCUT2D eigenvalue weighted by atomic mass is 16.3. The van der Waals surface area contributed by atoms with Gasteiger partial charge in [0.05, 0.1) is 18.4 Å². The number of hydrogen-bond donors (Lipinski definition) is 2. The van der Waals surface area contributed by atoms with Crippen LogP contribution in [0, 0.1) is 0 Å². The summed E-state index contributed by atoms with van der Waals surface area (Å²) in [7, 11) is 0. The molecule has 1 aliphatic carbocycles. The molecule has 2 aromatic carbocycles. The molecule has 2 aliphatic rings. The standard InChI is InChI=1S/C23H21N5O2/c29-17-7-6-15-12-27(14-23(8-9-23)19(15)10-17)13-20-25-21-18(22(30)26-20)11-24-28(21)16-4-2-1-3-5-16/h1-7,10-11,29H,8-9,12-14H2,(H,25,26,30). The molecule has 2 N–H and O–H groups in total. The number of phenols is 1. The highest BCUT2D eigenvalue weighted by molar-refractivity contribution is 5.75. The zero-order valence-electron chi connectivity index (χ0n) is 16.4. The van der Waals surface area contributed by atoms with E-state index in [0.717, 1.165) is 31.6 Å². The Balaban J connectivity index is 1.36. The lowest BCUT2D eigenvalue weighted by molar-refractivity contribution is 0.208. The molecule has 2 aromatic heterocycles. The SMILES string of the molecule is O=c1[nH]c(CN2Cc3ccc(O)cc3C3(CC3)C2)nc2c1cnn2-c1ccccc1. The normalized spacial score (nSPS) is 17.3. The second-order valence-electron chi connectivity index (χ2n) is 8.41. The summed E-state index contributed by atoms with van der Waals surface area (Å²) in [5, 5.41) is 14.8. The van der Waals surface area contributed by atoms with Gasteiger partial charge in [-0.05, 0) is 48.2 Å². The first-order valence-corrected chi connectivity index (χ1v) is 10.2. The van der Waals surface area contributed by atoms with Crippen LogP contribution in [-0.4, -0.2) is 36.3 Å². The van der Waals surface area contributed by atoms with Crippen molar-refractivity contribution in [2.45, 2.75) is 31.3 Å². The average Bonchev–Trinajstić information content (AvgIpc) is 3.37. The molecular formula is C23H21N5O2. The summed E-state index contributed by atoms with van der Waals surface area (Å²) in [6, 6.07) is 15.4. The quantitative estimate of drug-likeness (QED) is 0.553. The van der Waals surface area contributed by atoms with Gasteiger partial charge in [0.1, 0.15) is 17.0 Å². The first kappa shape index (κ1) is 17.4. The van der Waals surface area contributed by atoms with E-state index in [0.29, 0.717) is 29.2 Å². The molecule has 150 valence electrons. The van der Waals surface area contributed by atoms with E-state index in [1.807, 2.05) is 42.5 Å². The minimum atomic E-state index is -0.166. The summed E-state index contributed by atoms with van der Waals surface area (Å²) in [5.41, 5.74) is 3.93. The van der Waals surface area contributed by atoms with E-state index in [9.17, 15) is 9.90 Å². The Morgan fingerprint density at radius 2 is 1.97 bits per heavy atom. The minimum Gasteiger partial charge on any atom is -0.508 e. The van der Waals surface area contributed by atoms with Crippen LogP contribution in [0.4, 0.5) is 0 Å². The summed E-state index contributed by atoms with van der Waals surface area (Å²) in [4.78, 5) is 22.7. The molecule has 1 spiro atoms. The second-order valence-corrected chi connectivity index (χ2v) is 8.41. The van der Waals surface area contributed by atoms with Crippen molar-refractivity contribution in [2.24, 2.45) is 0 Å². The summed E-state index contributed by atoms with van der Waals surface area (Å²) in [6.45, 7) is 2.24. The van der Waals surface area contributed by atoms with E-state index in [1.165, 1.54) is 11.1 Å². The van der Waals surface area contributed by atoms with Crippen LogP contribution < -0.4 is 5.56 Å². The predicted molar refractivity (Wildman–Crippen MR) is 113 cm³/mol. The third kappa shape index (κ3) is 2.74. The Labute approximate surface area is 172 Å². The maximum atomic E-state index is 12.7. The van der Waals surface area contributed by atoms with E-state index >= 15 is 0 Å². The number of phenolic OH excluding ortho intramolecular Hbond substituents is 1. The van der Waals surface area contributed by atoms with Gasteiger partial charge in [-0.2, -0.15) is 5.10 Å². The summed E-state index contributed by atoms with van der Waals surface area (Å²) >= 11 is 0. The number of H-pyrrole nitrogens is 1. The maximum absolute atomic E-state index is 12.7. The van der Waals surface area contributed by atoms with Crippen LogP contribution in [0.5, 0.6) is 5.75 Å². The molecular weight excluding hydrogens is 378 g/mol. The van der Waals surface area contributed by atoms with Crippen LogP contribution in [0.2, 0.25) is 0 Å². The summed E-state index contributed by atoms with van der Waals surface area (Å²) < 4.78 is 1.71. The first-order valence-electron chi connectivity index (χ1n) is 10.2. The number of nitrogens with zero attached hydrogens (tertiary/aromatic N) is 4. The van der Waals surface area contributed by atoms with Gasteiger partial charge in [-0.3, -0.25) is 9.69 Å². The molecule has 7 nitrogen and oxygen atoms in total. The smallest absolute Gasteiger partial charge is 0.262 e. The number of para-hydroxylation sites is 1. The Bertz CT molecular complexity index is 1320. The van der Waals surface area contributed by atoms with Gasteiger partial charge in [0.25, 0.3) is 5.56 Å². The van der Waals surface area contributed by atoms with Gasteiger partial charge in [0, 0.05) is 18.5 Å². The molecule has 1 saturated carbocycles. The molecule has 7 heteroatoms. The van der Waals surface area contributed by atoms with Crippen LogP contribution >= 0.6 is 0 Å². The number of hydrogen-bond acceptors (Lipinski definition) is 5. The number of fused-ring (bicyclic) bond motifs is 3. The Morgan fingerprint density at radius 1 is 1.13 bits per heavy atom. The predicted octanol–water partition coefficient (Wildman–Crippen LogP) is 2.86. The summed E-state index contributed by atoms with van der Waals surface area (Å²) in [5.74, 6) is 0.974. The first-order chi connectivity index (χ1) is 14.6. The number of aromatic nitrogens is 4. The second kappa shape index (κ2) is 6.27. The molecule has 30 heavy (non-hydrogen) atoms. The molecule has 0 bridgehead atoms. The number of aromatic hydroxyl groups is 1. The number of nitrogens with one attached hydrogen (secondary N) is 1. The van der Waals surface area contributed by atoms with Crippen LogP contribution in [0.1, 0.15) is 29.8 Å². The molecule has 0 saturated heterocycles. The lowest BCUT2D eigenvalue weighted by atomic mass is 9.87. The summed E-state index contributed by atoms with van der Waals surface area (Å²) in [6.07, 6.45) is 3.83. The molecule has 6 rings (SSSR count). The molecule has 1 fully saturated rings. The average molecular weight is 399 g/mol. The number of benzene rings is 2.